The Bertz CT molecular complexity index is 852. The second kappa shape index (κ2) is 6.91. The number of anilines is 3. The zero-order valence-corrected chi connectivity index (χ0v) is 13.1. The van der Waals surface area contributed by atoms with Crippen LogP contribution in [0.5, 0.6) is 0 Å². The molecule has 1 aromatic heterocycles. The summed E-state index contributed by atoms with van der Waals surface area (Å²) in [6.45, 7) is 0. The summed E-state index contributed by atoms with van der Waals surface area (Å²) in [5.41, 5.74) is 1.41. The van der Waals surface area contributed by atoms with Crippen molar-refractivity contribution >= 4 is 23.1 Å². The maximum absolute atomic E-state index is 13.8. The Labute approximate surface area is 139 Å². The number of nitrogens with zero attached hydrogens (tertiary/aromatic N) is 2. The van der Waals surface area contributed by atoms with E-state index in [2.05, 4.69) is 10.3 Å². The molecule has 0 saturated heterocycles. The third kappa shape index (κ3) is 3.25. The summed E-state index contributed by atoms with van der Waals surface area (Å²) in [6.07, 6.45) is 1.56. The van der Waals surface area contributed by atoms with Gasteiger partial charge < -0.3 is 10.2 Å². The standard InChI is InChI=1S/C19H16FN3O/c1-23(14-8-3-2-4-9-14)19(24)15-10-7-13-21-18(15)22-17-12-6-5-11-16(17)20/h2-13H,1H3,(H,21,22). The molecule has 0 fully saturated rings. The van der Waals surface area contributed by atoms with Crippen LogP contribution in [0.4, 0.5) is 21.6 Å². The van der Waals surface area contributed by atoms with Crippen LogP contribution in [0.25, 0.3) is 0 Å². The summed E-state index contributed by atoms with van der Waals surface area (Å²) in [5, 5.41) is 2.89. The van der Waals surface area contributed by atoms with Crippen LogP contribution < -0.4 is 10.2 Å². The van der Waals surface area contributed by atoms with E-state index in [0.717, 1.165) is 5.69 Å². The summed E-state index contributed by atoms with van der Waals surface area (Å²) in [7, 11) is 1.69. The lowest BCUT2D eigenvalue weighted by atomic mass is 10.2. The zero-order chi connectivity index (χ0) is 16.9. The van der Waals surface area contributed by atoms with Crippen LogP contribution >= 0.6 is 0 Å². The first kappa shape index (κ1) is 15.7. The number of carbonyl (C=O) groups is 1. The Hall–Kier alpha value is -3.21. The highest BCUT2D eigenvalue weighted by molar-refractivity contribution is 6.09. The number of pyridine rings is 1. The van der Waals surface area contributed by atoms with Gasteiger partial charge in [0.1, 0.15) is 11.6 Å². The predicted octanol–water partition coefficient (Wildman–Crippen LogP) is 4.24. The Morgan fingerprint density at radius 3 is 2.46 bits per heavy atom. The predicted molar refractivity (Wildman–Crippen MR) is 93.1 cm³/mol. The highest BCUT2D eigenvalue weighted by atomic mass is 19.1. The van der Waals surface area contributed by atoms with Crippen molar-refractivity contribution in [1.29, 1.82) is 0 Å². The maximum atomic E-state index is 13.8. The zero-order valence-electron chi connectivity index (χ0n) is 13.1. The second-order valence-electron chi connectivity index (χ2n) is 5.20. The monoisotopic (exact) mass is 321 g/mol. The molecule has 0 aliphatic heterocycles. The SMILES string of the molecule is CN(C(=O)c1cccnc1Nc1ccccc1F)c1ccccc1. The Balaban J connectivity index is 1.92. The van der Waals surface area contributed by atoms with Gasteiger partial charge in [-0.2, -0.15) is 0 Å². The molecule has 3 rings (SSSR count). The first-order chi connectivity index (χ1) is 11.7. The molecule has 0 aliphatic rings. The fraction of sp³-hybridized carbons (Fsp3) is 0.0526. The molecule has 0 radical (unpaired) electrons. The molecular formula is C19H16FN3O. The average molecular weight is 321 g/mol. The van der Waals surface area contributed by atoms with Crippen molar-refractivity contribution in [3.05, 3.63) is 84.3 Å². The van der Waals surface area contributed by atoms with Crippen molar-refractivity contribution in [2.24, 2.45) is 0 Å². The van der Waals surface area contributed by atoms with Crippen molar-refractivity contribution < 1.29 is 9.18 Å². The van der Waals surface area contributed by atoms with Gasteiger partial charge in [0.15, 0.2) is 0 Å². The summed E-state index contributed by atoms with van der Waals surface area (Å²) in [4.78, 5) is 18.5. The minimum absolute atomic E-state index is 0.229. The van der Waals surface area contributed by atoms with Crippen LogP contribution in [0, 0.1) is 5.82 Å². The molecule has 5 heteroatoms. The van der Waals surface area contributed by atoms with E-state index in [9.17, 15) is 9.18 Å². The van der Waals surface area contributed by atoms with Crippen LogP contribution in [0.3, 0.4) is 0 Å². The molecule has 24 heavy (non-hydrogen) atoms. The van der Waals surface area contributed by atoms with Gasteiger partial charge in [-0.25, -0.2) is 9.37 Å². The molecule has 1 amide bonds. The van der Waals surface area contributed by atoms with Gasteiger partial charge in [-0.15, -0.1) is 0 Å². The van der Waals surface area contributed by atoms with E-state index in [1.54, 1.807) is 43.6 Å². The van der Waals surface area contributed by atoms with E-state index >= 15 is 0 Å². The molecular weight excluding hydrogens is 305 g/mol. The number of nitrogens with one attached hydrogen (secondary N) is 1. The average Bonchev–Trinajstić information content (AvgIpc) is 2.63. The largest absolute Gasteiger partial charge is 0.337 e. The number of benzene rings is 2. The topological polar surface area (TPSA) is 45.2 Å². The molecule has 120 valence electrons. The van der Waals surface area contributed by atoms with E-state index in [1.165, 1.54) is 11.0 Å². The third-order valence-electron chi connectivity index (χ3n) is 3.61. The van der Waals surface area contributed by atoms with Gasteiger partial charge in [-0.05, 0) is 36.4 Å². The minimum Gasteiger partial charge on any atom is -0.337 e. The number of aromatic nitrogens is 1. The molecule has 0 unspecified atom stereocenters. The van der Waals surface area contributed by atoms with E-state index in [-0.39, 0.29) is 11.6 Å². The molecule has 0 bridgehead atoms. The number of hydrogen-bond donors (Lipinski definition) is 1. The van der Waals surface area contributed by atoms with Crippen LogP contribution in [0.1, 0.15) is 10.4 Å². The van der Waals surface area contributed by atoms with E-state index in [1.807, 2.05) is 30.3 Å². The summed E-state index contributed by atoms with van der Waals surface area (Å²) < 4.78 is 13.8. The van der Waals surface area contributed by atoms with Crippen LogP contribution in [-0.2, 0) is 0 Å². The highest BCUT2D eigenvalue weighted by Crippen LogP contribution is 2.23. The van der Waals surface area contributed by atoms with Crippen LogP contribution in [-0.4, -0.2) is 17.9 Å². The number of carbonyl (C=O) groups excluding carboxylic acids is 1. The minimum atomic E-state index is -0.405. The summed E-state index contributed by atoms with van der Waals surface area (Å²) >= 11 is 0. The Morgan fingerprint density at radius 1 is 1.00 bits per heavy atom. The van der Waals surface area contributed by atoms with Gasteiger partial charge in [0, 0.05) is 18.9 Å². The van der Waals surface area contributed by atoms with Crippen LogP contribution in [0.2, 0.25) is 0 Å². The van der Waals surface area contributed by atoms with E-state index < -0.39 is 5.82 Å². The van der Waals surface area contributed by atoms with E-state index in [0.29, 0.717) is 11.4 Å². The fourth-order valence-electron chi connectivity index (χ4n) is 2.32. The highest BCUT2D eigenvalue weighted by Gasteiger charge is 2.18. The summed E-state index contributed by atoms with van der Waals surface area (Å²) in [6, 6.07) is 18.9. The van der Waals surface area contributed by atoms with Gasteiger partial charge in [-0.3, -0.25) is 4.79 Å². The number of halogens is 1. The first-order valence-corrected chi connectivity index (χ1v) is 7.46. The van der Waals surface area contributed by atoms with Crippen molar-refractivity contribution in [3.8, 4) is 0 Å². The molecule has 4 nitrogen and oxygen atoms in total. The Morgan fingerprint density at radius 2 is 1.71 bits per heavy atom. The lowest BCUT2D eigenvalue weighted by Crippen LogP contribution is -2.27. The molecule has 1 N–H and O–H groups in total. The van der Waals surface area contributed by atoms with Crippen molar-refractivity contribution in [2.75, 3.05) is 17.3 Å². The van der Waals surface area contributed by atoms with Crippen LogP contribution in [0.15, 0.2) is 72.9 Å². The molecule has 1 heterocycles. The van der Waals surface area contributed by atoms with Gasteiger partial charge in [-0.1, -0.05) is 30.3 Å². The molecule has 0 saturated carbocycles. The van der Waals surface area contributed by atoms with Gasteiger partial charge in [0.25, 0.3) is 5.91 Å². The molecule has 3 aromatic rings. The van der Waals surface area contributed by atoms with Gasteiger partial charge >= 0.3 is 0 Å². The normalized spacial score (nSPS) is 10.2. The lowest BCUT2D eigenvalue weighted by Gasteiger charge is -2.19. The lowest BCUT2D eigenvalue weighted by molar-refractivity contribution is 0.0993. The number of rotatable bonds is 4. The van der Waals surface area contributed by atoms with Crippen molar-refractivity contribution in [2.45, 2.75) is 0 Å². The summed E-state index contributed by atoms with van der Waals surface area (Å²) in [5.74, 6) is -0.318. The third-order valence-corrected chi connectivity index (χ3v) is 3.61. The maximum Gasteiger partial charge on any atom is 0.261 e. The van der Waals surface area contributed by atoms with Gasteiger partial charge in [0.05, 0.1) is 11.3 Å². The van der Waals surface area contributed by atoms with Crippen molar-refractivity contribution in [3.63, 3.8) is 0 Å². The first-order valence-electron chi connectivity index (χ1n) is 7.46. The quantitative estimate of drug-likeness (QED) is 0.782. The molecule has 2 aromatic carbocycles. The Kier molecular flexibility index (Phi) is 4.52. The molecule has 0 atom stereocenters. The number of para-hydroxylation sites is 2. The fourth-order valence-corrected chi connectivity index (χ4v) is 2.32. The number of hydrogen-bond acceptors (Lipinski definition) is 3. The van der Waals surface area contributed by atoms with Gasteiger partial charge in [0.2, 0.25) is 0 Å². The second-order valence-corrected chi connectivity index (χ2v) is 5.20. The number of amides is 1. The molecule has 0 spiro atoms. The van der Waals surface area contributed by atoms with E-state index in [4.69, 9.17) is 0 Å². The molecule has 0 aliphatic carbocycles. The van der Waals surface area contributed by atoms with Crippen molar-refractivity contribution in [1.82, 2.24) is 4.98 Å². The smallest absolute Gasteiger partial charge is 0.261 e.